The average molecular weight is 430 g/mol. The van der Waals surface area contributed by atoms with Gasteiger partial charge in [-0.1, -0.05) is 48.0 Å². The number of thiophene rings is 1. The molecule has 5 nitrogen and oxygen atoms in total. The summed E-state index contributed by atoms with van der Waals surface area (Å²) >= 11 is 7.33. The highest BCUT2D eigenvalue weighted by molar-refractivity contribution is 7.92. The van der Waals surface area contributed by atoms with E-state index in [1.54, 1.807) is 35.1 Å². The minimum Gasteiger partial charge on any atom is -0.280 e. The summed E-state index contributed by atoms with van der Waals surface area (Å²) < 4.78 is 30.4. The molecule has 0 aliphatic rings. The number of aromatic nitrogens is 2. The van der Waals surface area contributed by atoms with Crippen LogP contribution in [0.3, 0.4) is 0 Å². The maximum atomic E-state index is 13.1. The zero-order valence-corrected chi connectivity index (χ0v) is 17.0. The summed E-state index contributed by atoms with van der Waals surface area (Å²) in [4.78, 5) is 0.934. The highest BCUT2D eigenvalue weighted by Crippen LogP contribution is 2.31. The molecule has 4 aromatic rings. The highest BCUT2D eigenvalue weighted by Gasteiger charge is 2.24. The molecule has 0 saturated carbocycles. The van der Waals surface area contributed by atoms with E-state index in [9.17, 15) is 8.42 Å². The first kappa shape index (κ1) is 18.7. The number of rotatable bonds is 6. The second kappa shape index (κ2) is 7.79. The van der Waals surface area contributed by atoms with Crippen LogP contribution < -0.4 is 4.72 Å². The average Bonchev–Trinajstić information content (AvgIpc) is 3.34. The molecule has 0 bridgehead atoms. The summed E-state index contributed by atoms with van der Waals surface area (Å²) in [5.74, 6) is 0. The minimum absolute atomic E-state index is 0.140. The smallest absolute Gasteiger partial charge is 0.265 e. The Morgan fingerprint density at radius 1 is 1.00 bits per heavy atom. The van der Waals surface area contributed by atoms with E-state index in [-0.39, 0.29) is 4.90 Å². The SMILES string of the molecule is O=S(=O)(Nc1ccc(Cl)cc1)c1cn(Cc2ccccc2)nc1-c1cccs1. The number of anilines is 1. The Labute approximate surface area is 172 Å². The van der Waals surface area contributed by atoms with Crippen molar-refractivity contribution >= 4 is 38.6 Å². The van der Waals surface area contributed by atoms with Crippen LogP contribution in [-0.4, -0.2) is 18.2 Å². The molecule has 8 heteroatoms. The number of benzene rings is 2. The van der Waals surface area contributed by atoms with Crippen LogP contribution in [0.5, 0.6) is 0 Å². The first-order valence-electron chi connectivity index (χ1n) is 8.45. The maximum absolute atomic E-state index is 13.1. The molecule has 0 fully saturated rings. The molecule has 0 spiro atoms. The van der Waals surface area contributed by atoms with Gasteiger partial charge in [-0.15, -0.1) is 11.3 Å². The minimum atomic E-state index is -3.82. The number of hydrogen-bond donors (Lipinski definition) is 1. The Morgan fingerprint density at radius 2 is 1.75 bits per heavy atom. The van der Waals surface area contributed by atoms with E-state index in [1.165, 1.54) is 11.3 Å². The fourth-order valence-electron chi connectivity index (χ4n) is 2.76. The summed E-state index contributed by atoms with van der Waals surface area (Å²) in [5.41, 5.74) is 1.92. The zero-order chi connectivity index (χ0) is 19.6. The molecule has 2 heterocycles. The Morgan fingerprint density at radius 3 is 2.43 bits per heavy atom. The summed E-state index contributed by atoms with van der Waals surface area (Å²) in [6, 6.07) is 20.0. The highest BCUT2D eigenvalue weighted by atomic mass is 35.5. The van der Waals surface area contributed by atoms with Gasteiger partial charge in [-0.05, 0) is 41.3 Å². The quantitative estimate of drug-likeness (QED) is 0.463. The molecular formula is C20H16ClN3O2S2. The third-order valence-electron chi connectivity index (χ3n) is 4.06. The van der Waals surface area contributed by atoms with Gasteiger partial charge in [0.15, 0.2) is 0 Å². The van der Waals surface area contributed by atoms with Gasteiger partial charge in [0.2, 0.25) is 0 Å². The summed E-state index contributed by atoms with van der Waals surface area (Å²) in [7, 11) is -3.82. The van der Waals surface area contributed by atoms with E-state index in [2.05, 4.69) is 9.82 Å². The van der Waals surface area contributed by atoms with Crippen molar-refractivity contribution in [3.8, 4) is 10.6 Å². The molecular weight excluding hydrogens is 414 g/mol. The molecule has 0 atom stereocenters. The normalized spacial score (nSPS) is 11.5. The molecule has 28 heavy (non-hydrogen) atoms. The van der Waals surface area contributed by atoms with Gasteiger partial charge in [0.25, 0.3) is 10.0 Å². The number of hydrogen-bond acceptors (Lipinski definition) is 4. The van der Waals surface area contributed by atoms with Crippen LogP contribution in [0.2, 0.25) is 5.02 Å². The van der Waals surface area contributed by atoms with E-state index < -0.39 is 10.0 Å². The van der Waals surface area contributed by atoms with E-state index >= 15 is 0 Å². The second-order valence-electron chi connectivity index (χ2n) is 6.11. The Bertz CT molecular complexity index is 1170. The predicted molar refractivity (Wildman–Crippen MR) is 113 cm³/mol. The van der Waals surface area contributed by atoms with Crippen molar-refractivity contribution in [1.29, 1.82) is 0 Å². The molecule has 0 aliphatic carbocycles. The van der Waals surface area contributed by atoms with Crippen molar-refractivity contribution < 1.29 is 8.42 Å². The van der Waals surface area contributed by atoms with Gasteiger partial charge >= 0.3 is 0 Å². The second-order valence-corrected chi connectivity index (χ2v) is 9.15. The summed E-state index contributed by atoms with van der Waals surface area (Å²) in [6.07, 6.45) is 1.57. The molecule has 0 aliphatic heterocycles. The molecule has 2 aromatic heterocycles. The van der Waals surface area contributed by atoms with Crippen molar-refractivity contribution in [2.75, 3.05) is 4.72 Å². The monoisotopic (exact) mass is 429 g/mol. The van der Waals surface area contributed by atoms with Gasteiger partial charge in [-0.25, -0.2) is 8.42 Å². The van der Waals surface area contributed by atoms with Crippen LogP contribution in [0.4, 0.5) is 5.69 Å². The van der Waals surface area contributed by atoms with Crippen LogP contribution in [0, 0.1) is 0 Å². The third-order valence-corrected chi connectivity index (χ3v) is 6.57. The van der Waals surface area contributed by atoms with Crippen LogP contribution in [0.15, 0.2) is 83.2 Å². The van der Waals surface area contributed by atoms with Crippen LogP contribution in [-0.2, 0) is 16.6 Å². The Kier molecular flexibility index (Phi) is 5.21. The first-order chi connectivity index (χ1) is 13.5. The number of nitrogens with zero attached hydrogens (tertiary/aromatic N) is 2. The molecule has 0 unspecified atom stereocenters. The third kappa shape index (κ3) is 4.11. The van der Waals surface area contributed by atoms with Gasteiger partial charge in [0.05, 0.1) is 11.4 Å². The van der Waals surface area contributed by atoms with E-state index in [0.29, 0.717) is 22.9 Å². The number of sulfonamides is 1. The van der Waals surface area contributed by atoms with Gasteiger partial charge in [-0.3, -0.25) is 9.40 Å². The van der Waals surface area contributed by atoms with Gasteiger partial charge in [0, 0.05) is 16.9 Å². The predicted octanol–water partition coefficient (Wildman–Crippen LogP) is 5.11. The van der Waals surface area contributed by atoms with E-state index in [4.69, 9.17) is 11.6 Å². The van der Waals surface area contributed by atoms with Gasteiger partial charge in [-0.2, -0.15) is 5.10 Å². The lowest BCUT2D eigenvalue weighted by atomic mass is 10.2. The van der Waals surface area contributed by atoms with Crippen molar-refractivity contribution in [3.63, 3.8) is 0 Å². The molecule has 4 rings (SSSR count). The molecule has 1 N–H and O–H groups in total. The summed E-state index contributed by atoms with van der Waals surface area (Å²) in [6.45, 7) is 0.482. The fraction of sp³-hybridized carbons (Fsp3) is 0.0500. The van der Waals surface area contributed by atoms with Crippen molar-refractivity contribution in [2.24, 2.45) is 0 Å². The lowest BCUT2D eigenvalue weighted by molar-refractivity contribution is 0.601. The van der Waals surface area contributed by atoms with Crippen LogP contribution in [0.25, 0.3) is 10.6 Å². The number of nitrogens with one attached hydrogen (secondary N) is 1. The summed E-state index contributed by atoms with van der Waals surface area (Å²) in [5, 5.41) is 6.99. The van der Waals surface area contributed by atoms with Crippen LogP contribution >= 0.6 is 22.9 Å². The maximum Gasteiger partial charge on any atom is 0.265 e. The van der Waals surface area contributed by atoms with Gasteiger partial charge < -0.3 is 0 Å². The topological polar surface area (TPSA) is 64.0 Å². The first-order valence-corrected chi connectivity index (χ1v) is 11.2. The van der Waals surface area contributed by atoms with Crippen molar-refractivity contribution in [2.45, 2.75) is 11.4 Å². The molecule has 0 amide bonds. The molecule has 0 radical (unpaired) electrons. The van der Waals surface area contributed by atoms with E-state index in [0.717, 1.165) is 10.4 Å². The standard InChI is InChI=1S/C20H16ClN3O2S2/c21-16-8-10-17(11-9-16)23-28(25,26)19-14-24(13-15-5-2-1-3-6-15)22-20(19)18-7-4-12-27-18/h1-12,14,23H,13H2. The zero-order valence-electron chi connectivity index (χ0n) is 14.6. The molecule has 0 saturated heterocycles. The number of halogens is 1. The van der Waals surface area contributed by atoms with Crippen molar-refractivity contribution in [1.82, 2.24) is 9.78 Å². The Hall–Kier alpha value is -2.61. The lowest BCUT2D eigenvalue weighted by Gasteiger charge is -2.07. The van der Waals surface area contributed by atoms with Crippen LogP contribution in [0.1, 0.15) is 5.56 Å². The molecule has 2 aromatic carbocycles. The van der Waals surface area contributed by atoms with Gasteiger partial charge in [0.1, 0.15) is 10.6 Å². The van der Waals surface area contributed by atoms with Crippen molar-refractivity contribution in [3.05, 3.63) is 88.9 Å². The largest absolute Gasteiger partial charge is 0.280 e. The fourth-order valence-corrected chi connectivity index (χ4v) is 4.90. The lowest BCUT2D eigenvalue weighted by Crippen LogP contribution is -2.13. The van der Waals surface area contributed by atoms with E-state index in [1.807, 2.05) is 47.8 Å². The Balaban J connectivity index is 1.72. The molecule has 142 valence electrons.